The lowest BCUT2D eigenvalue weighted by atomic mass is 10.1. The zero-order valence-corrected chi connectivity index (χ0v) is 15.8. The van der Waals surface area contributed by atoms with Gasteiger partial charge in [-0.15, -0.1) is 0 Å². The molecule has 3 nitrogen and oxygen atoms in total. The van der Waals surface area contributed by atoms with E-state index in [0.717, 1.165) is 28.2 Å². The molecule has 0 amide bonds. The summed E-state index contributed by atoms with van der Waals surface area (Å²) in [5.41, 5.74) is 4.55. The van der Waals surface area contributed by atoms with Gasteiger partial charge in [0.05, 0.1) is 11.4 Å². The molecule has 1 heterocycles. The first-order chi connectivity index (χ1) is 13.2. The van der Waals surface area contributed by atoms with Crippen LogP contribution < -0.4 is 0 Å². The van der Waals surface area contributed by atoms with Crippen molar-refractivity contribution in [3.8, 4) is 16.9 Å². The predicted molar refractivity (Wildman–Crippen MR) is 113 cm³/mol. The van der Waals surface area contributed by atoms with Gasteiger partial charge in [-0.25, -0.2) is 4.68 Å². The van der Waals surface area contributed by atoms with Gasteiger partial charge in [0.25, 0.3) is 0 Å². The van der Waals surface area contributed by atoms with Crippen molar-refractivity contribution in [2.24, 2.45) is 4.99 Å². The summed E-state index contributed by atoms with van der Waals surface area (Å²) >= 11 is 12.0. The summed E-state index contributed by atoms with van der Waals surface area (Å²) in [5.74, 6) is 0. The van der Waals surface area contributed by atoms with E-state index in [1.54, 1.807) is 0 Å². The van der Waals surface area contributed by atoms with Gasteiger partial charge in [-0.3, -0.25) is 4.99 Å². The normalized spacial score (nSPS) is 11.2. The van der Waals surface area contributed by atoms with Crippen LogP contribution in [0.1, 0.15) is 5.56 Å². The minimum absolute atomic E-state index is 0.688. The topological polar surface area (TPSA) is 30.2 Å². The van der Waals surface area contributed by atoms with Crippen LogP contribution in [0.2, 0.25) is 10.0 Å². The van der Waals surface area contributed by atoms with Crippen LogP contribution >= 0.6 is 23.2 Å². The van der Waals surface area contributed by atoms with E-state index in [2.05, 4.69) is 4.99 Å². The van der Waals surface area contributed by atoms with E-state index in [-0.39, 0.29) is 0 Å². The number of hydrogen-bond donors (Lipinski definition) is 0. The number of para-hydroxylation sites is 1. The van der Waals surface area contributed by atoms with Crippen LogP contribution in [0.25, 0.3) is 16.9 Å². The Balaban J connectivity index is 1.77. The van der Waals surface area contributed by atoms with Gasteiger partial charge in [-0.2, -0.15) is 5.10 Å². The third kappa shape index (κ3) is 4.11. The Morgan fingerprint density at radius 3 is 2.07 bits per heavy atom. The van der Waals surface area contributed by atoms with Crippen molar-refractivity contribution in [2.75, 3.05) is 0 Å². The van der Waals surface area contributed by atoms with Gasteiger partial charge in [-0.05, 0) is 48.5 Å². The molecule has 0 saturated heterocycles. The maximum absolute atomic E-state index is 6.03. The molecule has 0 N–H and O–H groups in total. The minimum Gasteiger partial charge on any atom is -0.256 e. The highest BCUT2D eigenvalue weighted by Gasteiger charge is 2.11. The van der Waals surface area contributed by atoms with E-state index in [0.29, 0.717) is 10.0 Å². The van der Waals surface area contributed by atoms with Crippen LogP contribution in [0.5, 0.6) is 0 Å². The zero-order chi connectivity index (χ0) is 18.6. The van der Waals surface area contributed by atoms with Crippen LogP contribution in [0.15, 0.2) is 90.1 Å². The van der Waals surface area contributed by atoms with Gasteiger partial charge in [0.1, 0.15) is 5.69 Å². The van der Waals surface area contributed by atoms with E-state index in [9.17, 15) is 0 Å². The number of aliphatic imine (C=N–C) groups is 1. The standard InChI is InChI=1S/C22H15Cl2N3/c23-18-8-6-16(7-9-18)22-17(14-25-20-12-10-19(24)11-13-20)15-27(26-22)21-4-2-1-3-5-21/h1-15H. The fraction of sp³-hybridized carbons (Fsp3) is 0. The molecule has 4 rings (SSSR count). The van der Waals surface area contributed by atoms with Crippen LogP contribution in [-0.4, -0.2) is 16.0 Å². The maximum Gasteiger partial charge on any atom is 0.101 e. The molecule has 3 aromatic carbocycles. The Labute approximate surface area is 167 Å². The number of nitrogens with zero attached hydrogens (tertiary/aromatic N) is 3. The van der Waals surface area contributed by atoms with Crippen molar-refractivity contribution >= 4 is 35.1 Å². The second-order valence-electron chi connectivity index (χ2n) is 5.95. The van der Waals surface area contributed by atoms with Gasteiger partial charge in [-0.1, -0.05) is 53.5 Å². The fourth-order valence-corrected chi connectivity index (χ4v) is 2.95. The lowest BCUT2D eigenvalue weighted by molar-refractivity contribution is 0.884. The number of rotatable bonds is 4. The highest BCUT2D eigenvalue weighted by molar-refractivity contribution is 6.30. The Hall–Kier alpha value is -2.88. The third-order valence-electron chi connectivity index (χ3n) is 4.06. The van der Waals surface area contributed by atoms with Crippen LogP contribution in [0.4, 0.5) is 5.69 Å². The number of aromatic nitrogens is 2. The number of hydrogen-bond acceptors (Lipinski definition) is 2. The van der Waals surface area contributed by atoms with Crippen LogP contribution in [0.3, 0.4) is 0 Å². The average Bonchev–Trinajstić information content (AvgIpc) is 3.13. The van der Waals surface area contributed by atoms with E-state index in [4.69, 9.17) is 28.3 Å². The first-order valence-electron chi connectivity index (χ1n) is 8.40. The summed E-state index contributed by atoms with van der Waals surface area (Å²) in [7, 11) is 0. The molecule has 4 aromatic rings. The summed E-state index contributed by atoms with van der Waals surface area (Å²) in [6.45, 7) is 0. The molecular formula is C22H15Cl2N3. The fourth-order valence-electron chi connectivity index (χ4n) is 2.70. The van der Waals surface area contributed by atoms with Crippen molar-refractivity contribution in [2.45, 2.75) is 0 Å². The maximum atomic E-state index is 6.03. The molecule has 0 aliphatic rings. The molecule has 0 aliphatic carbocycles. The molecule has 0 fully saturated rings. The first kappa shape index (κ1) is 17.5. The van der Waals surface area contributed by atoms with Crippen molar-refractivity contribution < 1.29 is 0 Å². The molecule has 5 heteroatoms. The molecular weight excluding hydrogens is 377 g/mol. The van der Waals surface area contributed by atoms with Crippen LogP contribution in [0, 0.1) is 0 Å². The second kappa shape index (κ2) is 7.78. The summed E-state index contributed by atoms with van der Waals surface area (Å²) in [6, 6.07) is 25.0. The zero-order valence-electron chi connectivity index (χ0n) is 14.3. The third-order valence-corrected chi connectivity index (χ3v) is 4.56. The predicted octanol–water partition coefficient (Wildman–Crippen LogP) is 6.60. The lowest BCUT2D eigenvalue weighted by Gasteiger charge is -2.00. The van der Waals surface area contributed by atoms with E-state index in [1.165, 1.54) is 0 Å². The molecule has 0 spiro atoms. The minimum atomic E-state index is 0.688. The molecule has 0 radical (unpaired) electrons. The Bertz CT molecular complexity index is 1070. The van der Waals surface area contributed by atoms with Gasteiger partial charge in [0.2, 0.25) is 0 Å². The van der Waals surface area contributed by atoms with Gasteiger partial charge in [0.15, 0.2) is 0 Å². The largest absolute Gasteiger partial charge is 0.256 e. The molecule has 0 atom stereocenters. The van der Waals surface area contributed by atoms with Gasteiger partial charge in [0, 0.05) is 33.6 Å². The molecule has 27 heavy (non-hydrogen) atoms. The lowest BCUT2D eigenvalue weighted by Crippen LogP contribution is -1.93. The molecule has 132 valence electrons. The van der Waals surface area contributed by atoms with Gasteiger partial charge >= 0.3 is 0 Å². The van der Waals surface area contributed by atoms with E-state index >= 15 is 0 Å². The molecule has 0 bridgehead atoms. The summed E-state index contributed by atoms with van der Waals surface area (Å²) in [5, 5.41) is 6.15. The van der Waals surface area contributed by atoms with E-state index in [1.807, 2.05) is 96.0 Å². The molecule has 0 aliphatic heterocycles. The molecule has 0 unspecified atom stereocenters. The van der Waals surface area contributed by atoms with E-state index < -0.39 is 0 Å². The van der Waals surface area contributed by atoms with Crippen LogP contribution in [-0.2, 0) is 0 Å². The van der Waals surface area contributed by atoms with Crippen molar-refractivity contribution in [3.63, 3.8) is 0 Å². The SMILES string of the molecule is Clc1ccc(N=Cc2cn(-c3ccccc3)nc2-c2ccc(Cl)cc2)cc1. The van der Waals surface area contributed by atoms with Crippen molar-refractivity contribution in [3.05, 3.63) is 101 Å². The number of benzene rings is 3. The Morgan fingerprint density at radius 2 is 1.41 bits per heavy atom. The summed E-state index contributed by atoms with van der Waals surface area (Å²) < 4.78 is 1.85. The second-order valence-corrected chi connectivity index (χ2v) is 6.83. The van der Waals surface area contributed by atoms with Crippen molar-refractivity contribution in [1.29, 1.82) is 0 Å². The quantitative estimate of drug-likeness (QED) is 0.360. The Morgan fingerprint density at radius 1 is 0.778 bits per heavy atom. The van der Waals surface area contributed by atoms with Gasteiger partial charge < -0.3 is 0 Å². The number of halogens is 2. The highest BCUT2D eigenvalue weighted by atomic mass is 35.5. The smallest absolute Gasteiger partial charge is 0.101 e. The van der Waals surface area contributed by atoms with Crippen molar-refractivity contribution in [1.82, 2.24) is 9.78 Å². The molecule has 0 saturated carbocycles. The Kier molecular flexibility index (Phi) is 5.05. The molecule has 1 aromatic heterocycles. The average molecular weight is 392 g/mol. The summed E-state index contributed by atoms with van der Waals surface area (Å²) in [4.78, 5) is 4.57. The summed E-state index contributed by atoms with van der Waals surface area (Å²) in [6.07, 6.45) is 3.79. The highest BCUT2D eigenvalue weighted by Crippen LogP contribution is 2.25. The first-order valence-corrected chi connectivity index (χ1v) is 9.15. The monoisotopic (exact) mass is 391 g/mol.